The van der Waals surface area contributed by atoms with Gasteiger partial charge in [0, 0.05) is 17.1 Å². The van der Waals surface area contributed by atoms with Gasteiger partial charge >= 0.3 is 0 Å². The molecule has 7 heteroatoms. The maximum Gasteiger partial charge on any atom is 0.266 e. The molecular weight excluding hydrogens is 308 g/mol. The summed E-state index contributed by atoms with van der Waals surface area (Å²) in [5, 5.41) is 1.81. The fourth-order valence-corrected chi connectivity index (χ4v) is 3.22. The van der Waals surface area contributed by atoms with Crippen LogP contribution in [0.15, 0.2) is 28.4 Å². The lowest BCUT2D eigenvalue weighted by atomic mass is 10.0. The monoisotopic (exact) mass is 321 g/mol. The molecule has 2 N–H and O–H groups in total. The van der Waals surface area contributed by atoms with E-state index in [0.29, 0.717) is 10.7 Å². The number of rotatable bonds is 2. The number of benzene rings is 1. The highest BCUT2D eigenvalue weighted by Crippen LogP contribution is 2.26. The molecule has 0 saturated carbocycles. The Kier molecular flexibility index (Phi) is 3.54. The van der Waals surface area contributed by atoms with Gasteiger partial charge < -0.3 is 5.73 Å². The van der Waals surface area contributed by atoms with E-state index in [1.54, 1.807) is 13.8 Å². The molecule has 114 valence electrons. The number of halogens is 2. The summed E-state index contributed by atoms with van der Waals surface area (Å²) in [6, 6.07) is 2.83. The first kappa shape index (κ1) is 14.8. The zero-order chi connectivity index (χ0) is 16.0. The molecule has 0 fully saturated rings. The third kappa shape index (κ3) is 2.22. The second kappa shape index (κ2) is 5.26. The molecular formula is C15H13F2N3OS. The lowest BCUT2D eigenvalue weighted by Crippen LogP contribution is -2.22. The zero-order valence-electron chi connectivity index (χ0n) is 11.9. The third-order valence-corrected chi connectivity index (χ3v) is 4.35. The van der Waals surface area contributed by atoms with Crippen LogP contribution in [0.3, 0.4) is 0 Å². The lowest BCUT2D eigenvalue weighted by molar-refractivity contribution is 0.509. The van der Waals surface area contributed by atoms with Crippen LogP contribution in [0, 0.1) is 18.6 Å². The summed E-state index contributed by atoms with van der Waals surface area (Å²) >= 11 is 1.33. The van der Waals surface area contributed by atoms with E-state index in [9.17, 15) is 13.6 Å². The standard InChI is InChI=1S/C15H13F2N3OS/c1-7-6-22-15-19-13(8(2)18)12(14(21)20(7)15)9-3-4-10(16)11(17)5-9/h3-6,8H,18H2,1-2H3. The summed E-state index contributed by atoms with van der Waals surface area (Å²) in [5.74, 6) is -1.98. The molecule has 0 aliphatic rings. The molecule has 0 radical (unpaired) electrons. The molecule has 1 unspecified atom stereocenters. The van der Waals surface area contributed by atoms with Crippen LogP contribution in [-0.2, 0) is 0 Å². The Morgan fingerprint density at radius 3 is 2.68 bits per heavy atom. The first-order valence-corrected chi connectivity index (χ1v) is 7.50. The molecule has 0 bridgehead atoms. The second-order valence-electron chi connectivity index (χ2n) is 5.09. The van der Waals surface area contributed by atoms with E-state index >= 15 is 0 Å². The maximum atomic E-state index is 13.5. The highest BCUT2D eigenvalue weighted by atomic mass is 32.1. The Bertz CT molecular complexity index is 930. The average molecular weight is 321 g/mol. The SMILES string of the molecule is Cc1csc2nc(C(C)N)c(-c3ccc(F)c(F)c3)c(=O)n12. The van der Waals surface area contributed by atoms with Crippen molar-refractivity contribution in [2.45, 2.75) is 19.9 Å². The van der Waals surface area contributed by atoms with Gasteiger partial charge in [-0.1, -0.05) is 6.07 Å². The minimum atomic E-state index is -1.01. The summed E-state index contributed by atoms with van der Waals surface area (Å²) in [6.07, 6.45) is 0. The number of aryl methyl sites for hydroxylation is 1. The molecule has 0 spiro atoms. The Hall–Kier alpha value is -2.12. The molecule has 0 saturated heterocycles. The molecule has 22 heavy (non-hydrogen) atoms. The van der Waals surface area contributed by atoms with Crippen LogP contribution in [-0.4, -0.2) is 9.38 Å². The number of aromatic nitrogens is 2. The topological polar surface area (TPSA) is 60.4 Å². The molecule has 3 aromatic rings. The summed E-state index contributed by atoms with van der Waals surface area (Å²) < 4.78 is 28.1. The van der Waals surface area contributed by atoms with Crippen molar-refractivity contribution in [3.63, 3.8) is 0 Å². The van der Waals surface area contributed by atoms with Crippen LogP contribution in [0.1, 0.15) is 24.4 Å². The zero-order valence-corrected chi connectivity index (χ0v) is 12.7. The number of nitrogens with two attached hydrogens (primary N) is 1. The fraction of sp³-hybridized carbons (Fsp3) is 0.200. The molecule has 2 heterocycles. The number of nitrogens with zero attached hydrogens (tertiary/aromatic N) is 2. The van der Waals surface area contributed by atoms with E-state index in [1.165, 1.54) is 21.8 Å². The van der Waals surface area contributed by atoms with Gasteiger partial charge in [-0.25, -0.2) is 13.8 Å². The van der Waals surface area contributed by atoms with Gasteiger partial charge in [0.25, 0.3) is 5.56 Å². The van der Waals surface area contributed by atoms with Crippen molar-refractivity contribution in [3.05, 3.63) is 57.0 Å². The summed E-state index contributed by atoms with van der Waals surface area (Å²) in [5.41, 5.74) is 7.16. The van der Waals surface area contributed by atoms with Crippen molar-refractivity contribution >= 4 is 16.3 Å². The molecule has 0 amide bonds. The van der Waals surface area contributed by atoms with Gasteiger partial charge in [-0.05, 0) is 31.5 Å². The Balaban J connectivity index is 2.42. The predicted octanol–water partition coefficient (Wildman–Crippen LogP) is 3.03. The lowest BCUT2D eigenvalue weighted by Gasteiger charge is -2.12. The van der Waals surface area contributed by atoms with E-state index in [0.717, 1.165) is 17.8 Å². The average Bonchev–Trinajstić information content (AvgIpc) is 2.83. The van der Waals surface area contributed by atoms with Crippen molar-refractivity contribution in [3.8, 4) is 11.1 Å². The van der Waals surface area contributed by atoms with Crippen molar-refractivity contribution in [1.29, 1.82) is 0 Å². The van der Waals surface area contributed by atoms with Gasteiger partial charge in [0.1, 0.15) is 0 Å². The van der Waals surface area contributed by atoms with E-state index in [2.05, 4.69) is 4.98 Å². The van der Waals surface area contributed by atoms with Gasteiger partial charge in [0.2, 0.25) is 0 Å². The van der Waals surface area contributed by atoms with Crippen LogP contribution in [0.2, 0.25) is 0 Å². The summed E-state index contributed by atoms with van der Waals surface area (Å²) in [4.78, 5) is 17.7. The first-order chi connectivity index (χ1) is 10.4. The number of hydrogen-bond donors (Lipinski definition) is 1. The highest BCUT2D eigenvalue weighted by molar-refractivity contribution is 7.15. The first-order valence-electron chi connectivity index (χ1n) is 6.62. The molecule has 1 aromatic carbocycles. The second-order valence-corrected chi connectivity index (χ2v) is 5.93. The maximum absolute atomic E-state index is 13.5. The van der Waals surface area contributed by atoms with Crippen LogP contribution >= 0.6 is 11.3 Å². The molecule has 0 aliphatic carbocycles. The molecule has 2 aromatic heterocycles. The molecule has 4 nitrogen and oxygen atoms in total. The van der Waals surface area contributed by atoms with Crippen LogP contribution < -0.4 is 11.3 Å². The van der Waals surface area contributed by atoms with Gasteiger partial charge in [-0.3, -0.25) is 9.20 Å². The fourth-order valence-electron chi connectivity index (χ4n) is 2.35. The van der Waals surface area contributed by atoms with Crippen LogP contribution in [0.25, 0.3) is 16.1 Å². The largest absolute Gasteiger partial charge is 0.323 e. The van der Waals surface area contributed by atoms with Crippen molar-refractivity contribution in [2.75, 3.05) is 0 Å². The van der Waals surface area contributed by atoms with Crippen molar-refractivity contribution < 1.29 is 8.78 Å². The van der Waals surface area contributed by atoms with Crippen LogP contribution in [0.4, 0.5) is 8.78 Å². The number of fused-ring (bicyclic) bond motifs is 1. The highest BCUT2D eigenvalue weighted by Gasteiger charge is 2.20. The van der Waals surface area contributed by atoms with E-state index in [1.807, 2.05) is 5.38 Å². The van der Waals surface area contributed by atoms with Crippen molar-refractivity contribution in [1.82, 2.24) is 9.38 Å². The van der Waals surface area contributed by atoms with Gasteiger partial charge in [0.05, 0.1) is 11.3 Å². The summed E-state index contributed by atoms with van der Waals surface area (Å²) in [6.45, 7) is 3.48. The minimum absolute atomic E-state index is 0.202. The Morgan fingerprint density at radius 2 is 2.05 bits per heavy atom. The van der Waals surface area contributed by atoms with Crippen molar-refractivity contribution in [2.24, 2.45) is 5.73 Å². The van der Waals surface area contributed by atoms with Gasteiger partial charge in [-0.15, -0.1) is 11.3 Å². The molecule has 3 rings (SSSR count). The minimum Gasteiger partial charge on any atom is -0.323 e. The van der Waals surface area contributed by atoms with Crippen LogP contribution in [0.5, 0.6) is 0 Å². The summed E-state index contributed by atoms with van der Waals surface area (Å²) in [7, 11) is 0. The quantitative estimate of drug-likeness (QED) is 0.789. The predicted molar refractivity (Wildman–Crippen MR) is 82.0 cm³/mol. The number of thiazole rings is 1. The van der Waals surface area contributed by atoms with Gasteiger partial charge in [-0.2, -0.15) is 0 Å². The smallest absolute Gasteiger partial charge is 0.266 e. The third-order valence-electron chi connectivity index (χ3n) is 3.41. The Morgan fingerprint density at radius 1 is 1.32 bits per heavy atom. The van der Waals surface area contributed by atoms with Gasteiger partial charge in [0.15, 0.2) is 16.6 Å². The van der Waals surface area contributed by atoms with E-state index < -0.39 is 17.7 Å². The van der Waals surface area contributed by atoms with E-state index in [-0.39, 0.29) is 16.7 Å². The van der Waals surface area contributed by atoms with E-state index in [4.69, 9.17) is 5.73 Å². The number of hydrogen-bond acceptors (Lipinski definition) is 4. The Labute approximate surface area is 128 Å². The normalized spacial score (nSPS) is 12.8. The molecule has 0 aliphatic heterocycles. The molecule has 1 atom stereocenters.